The van der Waals surface area contributed by atoms with E-state index in [1.165, 1.54) is 0 Å². The predicted molar refractivity (Wildman–Crippen MR) is 167 cm³/mol. The molecule has 0 amide bonds. The van der Waals surface area contributed by atoms with E-state index in [4.69, 9.17) is 30.2 Å². The van der Waals surface area contributed by atoms with Gasteiger partial charge in [0.25, 0.3) is 0 Å². The zero-order valence-corrected chi connectivity index (χ0v) is 25.5. The predicted octanol–water partition coefficient (Wildman–Crippen LogP) is 5.96. The fourth-order valence-electron chi connectivity index (χ4n) is 8.26. The Morgan fingerprint density at radius 1 is 1.00 bits per heavy atom. The summed E-state index contributed by atoms with van der Waals surface area (Å²) in [6, 6.07) is 4.46. The Kier molecular flexibility index (Phi) is 7.01. The molecule has 6 heterocycles. The molecule has 0 aliphatic carbocycles. The van der Waals surface area contributed by atoms with Crippen LogP contribution in [0.1, 0.15) is 56.7 Å². The number of aryl methyl sites for hydroxylation is 2. The molecular weight excluding hydrogens is 581 g/mol. The molecule has 8 nitrogen and oxygen atoms in total. The highest BCUT2D eigenvalue weighted by Gasteiger charge is 2.45. The van der Waals surface area contributed by atoms with Gasteiger partial charge in [-0.05, 0) is 99.0 Å². The summed E-state index contributed by atoms with van der Waals surface area (Å²) in [6.45, 7) is 6.22. The van der Waals surface area contributed by atoms with Gasteiger partial charge in [-0.3, -0.25) is 4.90 Å². The number of nitrogens with two attached hydrogens (primary N) is 1. The van der Waals surface area contributed by atoms with E-state index in [1.807, 2.05) is 0 Å². The molecule has 4 aliphatic rings. The molecule has 0 radical (unpaired) electrons. The van der Waals surface area contributed by atoms with Crippen LogP contribution in [-0.4, -0.2) is 70.9 Å². The monoisotopic (exact) mass is 618 g/mol. The van der Waals surface area contributed by atoms with E-state index in [9.17, 15) is 4.39 Å². The number of anilines is 2. The minimum absolute atomic E-state index is 0.0100. The van der Waals surface area contributed by atoms with Crippen LogP contribution in [0.3, 0.4) is 0 Å². The third-order valence-electron chi connectivity index (χ3n) is 10.4. The van der Waals surface area contributed by atoms with Crippen molar-refractivity contribution in [3.8, 4) is 17.3 Å². The van der Waals surface area contributed by atoms with E-state index < -0.39 is 17.5 Å². The molecule has 3 fully saturated rings. The van der Waals surface area contributed by atoms with Gasteiger partial charge >= 0.3 is 6.01 Å². The molecule has 2 aromatic carbocycles. The van der Waals surface area contributed by atoms with Crippen molar-refractivity contribution in [3.63, 3.8) is 0 Å². The van der Waals surface area contributed by atoms with Crippen molar-refractivity contribution in [2.45, 2.75) is 69.9 Å². The highest BCUT2D eigenvalue weighted by atomic mass is 19.2. The summed E-state index contributed by atoms with van der Waals surface area (Å²) in [5, 5.41) is 1.35. The third kappa shape index (κ3) is 4.61. The first-order chi connectivity index (χ1) is 21.9. The van der Waals surface area contributed by atoms with Gasteiger partial charge in [0.05, 0.1) is 29.3 Å². The van der Waals surface area contributed by atoms with Gasteiger partial charge in [-0.15, -0.1) is 0 Å². The number of aromatic nitrogens is 3. The number of rotatable bonds is 5. The van der Waals surface area contributed by atoms with Crippen LogP contribution in [-0.2, 0) is 17.6 Å². The molecule has 0 unspecified atom stereocenters. The first-order valence-corrected chi connectivity index (χ1v) is 16.2. The molecule has 11 heteroatoms. The second-order valence-electron chi connectivity index (χ2n) is 13.0. The summed E-state index contributed by atoms with van der Waals surface area (Å²) >= 11 is 0. The number of pyridine rings is 1. The Balaban J connectivity index is 1.34. The molecule has 0 spiro atoms. The van der Waals surface area contributed by atoms with Crippen LogP contribution in [0.4, 0.5) is 24.7 Å². The molecule has 2 N–H and O–H groups in total. The van der Waals surface area contributed by atoms with Crippen molar-refractivity contribution in [2.24, 2.45) is 0 Å². The SMILES string of the molecule is CCc1c(F)c(F)cc2cc(N)cc(-c3nc4c5c(nc(OCC67CCCN6CCC7)nc5c3F)N3CCCOC[C@@H]3CC4)c12. The molecule has 3 saturated heterocycles. The zero-order chi connectivity index (χ0) is 30.9. The maximum Gasteiger partial charge on any atom is 0.319 e. The van der Waals surface area contributed by atoms with Crippen LogP contribution in [0.15, 0.2) is 18.2 Å². The van der Waals surface area contributed by atoms with Crippen molar-refractivity contribution in [2.75, 3.05) is 50.1 Å². The van der Waals surface area contributed by atoms with Gasteiger partial charge in [0.2, 0.25) is 0 Å². The Morgan fingerprint density at radius 3 is 2.62 bits per heavy atom. The molecule has 4 aromatic rings. The molecule has 2 aromatic heterocycles. The van der Waals surface area contributed by atoms with E-state index in [0.29, 0.717) is 71.7 Å². The Hall–Kier alpha value is -3.70. The third-order valence-corrected chi connectivity index (χ3v) is 10.4. The van der Waals surface area contributed by atoms with E-state index in [0.717, 1.165) is 57.7 Å². The molecule has 1 atom stereocenters. The summed E-state index contributed by atoms with van der Waals surface area (Å²) < 4.78 is 59.1. The quantitative estimate of drug-likeness (QED) is 0.275. The lowest BCUT2D eigenvalue weighted by Gasteiger charge is -2.32. The largest absolute Gasteiger partial charge is 0.461 e. The van der Waals surface area contributed by atoms with Crippen LogP contribution in [0.2, 0.25) is 0 Å². The van der Waals surface area contributed by atoms with Crippen LogP contribution in [0, 0.1) is 17.5 Å². The van der Waals surface area contributed by atoms with Crippen molar-refractivity contribution < 1.29 is 22.6 Å². The van der Waals surface area contributed by atoms with Gasteiger partial charge in [-0.1, -0.05) is 6.92 Å². The molecule has 0 saturated carbocycles. The molecular formula is C34H37F3N6O2. The number of hydrogen-bond donors (Lipinski definition) is 1. The van der Waals surface area contributed by atoms with Crippen molar-refractivity contribution >= 4 is 33.2 Å². The fraction of sp³-hybridized carbons (Fsp3) is 0.500. The van der Waals surface area contributed by atoms with Gasteiger partial charge in [0.1, 0.15) is 23.6 Å². The molecule has 8 rings (SSSR count). The number of nitrogens with zero attached hydrogens (tertiary/aromatic N) is 5. The molecule has 4 aliphatic heterocycles. The average Bonchev–Trinajstić information content (AvgIpc) is 3.47. The lowest BCUT2D eigenvalue weighted by atomic mass is 9.93. The standard InChI is InChI=1S/C34H37F3N6O2/c1-2-22-26-19(15-24(35)28(22)36)14-20(38)16-23(26)30-29(37)31-27-25(39-30)7-6-21-17-44-13-5-12-43(21)32(27)41-33(40-31)45-18-34-8-3-10-42(34)11-4-9-34/h14-16,21H,2-13,17-18,38H2,1H3/t21-/m0/s1. The molecule has 45 heavy (non-hydrogen) atoms. The topological polar surface area (TPSA) is 89.6 Å². The number of nitrogen functional groups attached to an aromatic ring is 1. The first kappa shape index (κ1) is 28.8. The smallest absolute Gasteiger partial charge is 0.319 e. The number of halogens is 3. The van der Waals surface area contributed by atoms with Crippen molar-refractivity contribution in [1.82, 2.24) is 19.9 Å². The van der Waals surface area contributed by atoms with Crippen LogP contribution < -0.4 is 15.4 Å². The number of hydrogen-bond acceptors (Lipinski definition) is 8. The number of ether oxygens (including phenoxy) is 2. The average molecular weight is 619 g/mol. The van der Waals surface area contributed by atoms with E-state index in [-0.39, 0.29) is 40.8 Å². The first-order valence-electron chi connectivity index (χ1n) is 16.2. The maximum atomic E-state index is 17.1. The van der Waals surface area contributed by atoms with E-state index in [1.54, 1.807) is 19.1 Å². The van der Waals surface area contributed by atoms with Crippen LogP contribution in [0.5, 0.6) is 6.01 Å². The zero-order valence-electron chi connectivity index (χ0n) is 25.5. The van der Waals surface area contributed by atoms with Crippen LogP contribution in [0.25, 0.3) is 32.9 Å². The van der Waals surface area contributed by atoms with Gasteiger partial charge in [-0.25, -0.2) is 18.2 Å². The van der Waals surface area contributed by atoms with E-state index in [2.05, 4.69) is 9.80 Å². The lowest BCUT2D eigenvalue weighted by molar-refractivity contribution is 0.108. The minimum Gasteiger partial charge on any atom is -0.461 e. The summed E-state index contributed by atoms with van der Waals surface area (Å²) in [5.41, 5.74) is 7.77. The second kappa shape index (κ2) is 11.0. The van der Waals surface area contributed by atoms with Gasteiger partial charge in [-0.2, -0.15) is 9.97 Å². The van der Waals surface area contributed by atoms with E-state index >= 15 is 8.78 Å². The summed E-state index contributed by atoms with van der Waals surface area (Å²) in [7, 11) is 0. The van der Waals surface area contributed by atoms with Crippen LogP contribution >= 0.6 is 0 Å². The Bertz CT molecular complexity index is 1820. The normalized spacial score (nSPS) is 21.2. The summed E-state index contributed by atoms with van der Waals surface area (Å²) in [6.07, 6.45) is 6.69. The Labute approximate surface area is 259 Å². The molecule has 236 valence electrons. The van der Waals surface area contributed by atoms with Crippen molar-refractivity contribution in [1.29, 1.82) is 0 Å². The Morgan fingerprint density at radius 2 is 1.82 bits per heavy atom. The summed E-state index contributed by atoms with van der Waals surface area (Å²) in [5.74, 6) is -1.96. The van der Waals surface area contributed by atoms with Gasteiger partial charge < -0.3 is 20.1 Å². The minimum atomic E-state index is -0.967. The van der Waals surface area contributed by atoms with Crippen molar-refractivity contribution in [3.05, 3.63) is 46.9 Å². The maximum absolute atomic E-state index is 17.1. The second-order valence-corrected chi connectivity index (χ2v) is 13.0. The highest BCUT2D eigenvalue weighted by molar-refractivity contribution is 6.03. The molecule has 0 bridgehead atoms. The lowest BCUT2D eigenvalue weighted by Crippen LogP contribution is -2.43. The van der Waals surface area contributed by atoms with Gasteiger partial charge in [0.15, 0.2) is 17.5 Å². The highest BCUT2D eigenvalue weighted by Crippen LogP contribution is 2.43. The fourth-order valence-corrected chi connectivity index (χ4v) is 8.26. The number of fused-ring (bicyclic) bond motifs is 4. The summed E-state index contributed by atoms with van der Waals surface area (Å²) in [4.78, 5) is 19.3. The van der Waals surface area contributed by atoms with Gasteiger partial charge in [0, 0.05) is 24.4 Å². The number of benzene rings is 2.